The van der Waals surface area contributed by atoms with Gasteiger partial charge in [-0.2, -0.15) is 0 Å². The number of anilines is 1. The molecule has 1 aromatic rings. The predicted molar refractivity (Wildman–Crippen MR) is 65.1 cm³/mol. The average molecular weight is 249 g/mol. The van der Waals surface area contributed by atoms with Gasteiger partial charge in [0.1, 0.15) is 11.9 Å². The lowest BCUT2D eigenvalue weighted by atomic mass is 10.2. The summed E-state index contributed by atoms with van der Waals surface area (Å²) in [6.45, 7) is 0.664. The minimum atomic E-state index is -0.548. The normalized spacial score (nSPS) is 18.7. The van der Waals surface area contributed by atoms with Gasteiger partial charge in [-0.3, -0.25) is 4.79 Å². The van der Waals surface area contributed by atoms with Crippen LogP contribution in [-0.4, -0.2) is 36.6 Å². The molecule has 1 unspecified atom stereocenters. The molecule has 1 amide bonds. The van der Waals surface area contributed by atoms with Crippen molar-refractivity contribution in [1.82, 2.24) is 4.98 Å². The van der Waals surface area contributed by atoms with Gasteiger partial charge in [-0.25, -0.2) is 9.78 Å². The zero-order valence-electron chi connectivity index (χ0n) is 10.1. The smallest absolute Gasteiger partial charge is 0.328 e. The van der Waals surface area contributed by atoms with Crippen LogP contribution in [0.1, 0.15) is 23.2 Å². The van der Waals surface area contributed by atoms with Crippen LogP contribution in [0.5, 0.6) is 0 Å². The second-order valence-electron chi connectivity index (χ2n) is 4.11. The highest BCUT2D eigenvalue weighted by Gasteiger charge is 2.34. The highest BCUT2D eigenvalue weighted by molar-refractivity contribution is 5.98. The van der Waals surface area contributed by atoms with Crippen molar-refractivity contribution in [3.63, 3.8) is 0 Å². The van der Waals surface area contributed by atoms with Crippen LogP contribution in [0.3, 0.4) is 0 Å². The van der Waals surface area contributed by atoms with Crippen molar-refractivity contribution in [3.8, 4) is 0 Å². The molecule has 6 heteroatoms. The van der Waals surface area contributed by atoms with Gasteiger partial charge in [-0.05, 0) is 25.0 Å². The van der Waals surface area contributed by atoms with Gasteiger partial charge in [0, 0.05) is 12.7 Å². The minimum absolute atomic E-state index is 0.312. The largest absolute Gasteiger partial charge is 0.467 e. The number of nitrogens with two attached hydrogens (primary N) is 1. The summed E-state index contributed by atoms with van der Waals surface area (Å²) in [4.78, 5) is 29.0. The molecule has 0 spiro atoms. The van der Waals surface area contributed by atoms with E-state index in [0.717, 1.165) is 6.42 Å². The first-order valence-corrected chi connectivity index (χ1v) is 5.74. The Morgan fingerprint density at radius 2 is 2.33 bits per heavy atom. The Balaban J connectivity index is 2.36. The molecule has 0 aromatic carbocycles. The molecule has 0 bridgehead atoms. The van der Waals surface area contributed by atoms with E-state index in [9.17, 15) is 9.59 Å². The van der Waals surface area contributed by atoms with Gasteiger partial charge >= 0.3 is 5.97 Å². The number of esters is 1. The number of carbonyl (C=O) groups is 2. The number of hydrogen-bond donors (Lipinski definition) is 1. The molecule has 1 saturated heterocycles. The Morgan fingerprint density at radius 3 is 3.00 bits per heavy atom. The van der Waals surface area contributed by atoms with Gasteiger partial charge in [0.15, 0.2) is 0 Å². The molecule has 96 valence electrons. The van der Waals surface area contributed by atoms with Crippen LogP contribution in [0, 0.1) is 0 Å². The summed E-state index contributed by atoms with van der Waals surface area (Å²) in [5.41, 5.74) is 5.64. The number of methoxy groups -OCH3 is 1. The van der Waals surface area contributed by atoms with Gasteiger partial charge in [-0.1, -0.05) is 0 Å². The number of aromatic nitrogens is 1. The van der Waals surface area contributed by atoms with Gasteiger partial charge in [0.25, 0.3) is 5.91 Å². The molecule has 0 radical (unpaired) electrons. The summed E-state index contributed by atoms with van der Waals surface area (Å²) in [6, 6.07) is 2.87. The SMILES string of the molecule is COC(=O)C1CCCN1c1ncccc1C(N)=O. The van der Waals surface area contributed by atoms with E-state index in [1.165, 1.54) is 7.11 Å². The number of carbonyl (C=O) groups excluding carboxylic acids is 2. The van der Waals surface area contributed by atoms with Crippen molar-refractivity contribution < 1.29 is 14.3 Å². The summed E-state index contributed by atoms with van der Waals surface area (Å²) in [6.07, 6.45) is 3.13. The van der Waals surface area contributed by atoms with Crippen LogP contribution in [0.4, 0.5) is 5.82 Å². The van der Waals surface area contributed by atoms with E-state index >= 15 is 0 Å². The van der Waals surface area contributed by atoms with Crippen molar-refractivity contribution >= 4 is 17.7 Å². The Labute approximate surface area is 105 Å². The molecule has 1 aromatic heterocycles. The molecule has 1 fully saturated rings. The molecule has 18 heavy (non-hydrogen) atoms. The Morgan fingerprint density at radius 1 is 1.56 bits per heavy atom. The molecule has 1 aliphatic rings. The molecule has 1 atom stereocenters. The molecule has 2 rings (SSSR count). The van der Waals surface area contributed by atoms with Crippen LogP contribution < -0.4 is 10.6 Å². The molecule has 1 aliphatic heterocycles. The maximum Gasteiger partial charge on any atom is 0.328 e. The number of pyridine rings is 1. The number of nitrogens with zero attached hydrogens (tertiary/aromatic N) is 2. The first-order chi connectivity index (χ1) is 8.65. The lowest BCUT2D eigenvalue weighted by Crippen LogP contribution is -2.38. The van der Waals surface area contributed by atoms with Gasteiger partial charge in [0.2, 0.25) is 0 Å². The Bertz CT molecular complexity index is 475. The number of ether oxygens (including phenoxy) is 1. The second kappa shape index (κ2) is 5.03. The molecule has 6 nitrogen and oxygen atoms in total. The Kier molecular flexibility index (Phi) is 3.45. The zero-order chi connectivity index (χ0) is 13.1. The molecular formula is C12H15N3O3. The van der Waals surface area contributed by atoms with Crippen molar-refractivity contribution in [3.05, 3.63) is 23.9 Å². The zero-order valence-corrected chi connectivity index (χ0v) is 10.1. The van der Waals surface area contributed by atoms with E-state index in [0.29, 0.717) is 24.3 Å². The number of amides is 1. The monoisotopic (exact) mass is 249 g/mol. The summed E-state index contributed by atoms with van der Waals surface area (Å²) >= 11 is 0. The number of hydrogen-bond acceptors (Lipinski definition) is 5. The molecule has 2 heterocycles. The second-order valence-corrected chi connectivity index (χ2v) is 4.11. The highest BCUT2D eigenvalue weighted by atomic mass is 16.5. The summed E-state index contributed by atoms with van der Waals surface area (Å²) in [7, 11) is 1.35. The lowest BCUT2D eigenvalue weighted by molar-refractivity contribution is -0.141. The fourth-order valence-corrected chi connectivity index (χ4v) is 2.22. The van der Waals surface area contributed by atoms with Crippen LogP contribution in [0.2, 0.25) is 0 Å². The Hall–Kier alpha value is -2.11. The van der Waals surface area contributed by atoms with Crippen LogP contribution in [0.15, 0.2) is 18.3 Å². The fourth-order valence-electron chi connectivity index (χ4n) is 2.22. The van der Waals surface area contributed by atoms with E-state index < -0.39 is 5.91 Å². The highest BCUT2D eigenvalue weighted by Crippen LogP contribution is 2.27. The first kappa shape index (κ1) is 12.3. The van der Waals surface area contributed by atoms with Crippen molar-refractivity contribution in [2.24, 2.45) is 5.73 Å². The summed E-state index contributed by atoms with van der Waals surface area (Å²) in [5, 5.41) is 0. The van der Waals surface area contributed by atoms with Crippen molar-refractivity contribution in [2.75, 3.05) is 18.6 Å². The lowest BCUT2D eigenvalue weighted by Gasteiger charge is -2.24. The van der Waals surface area contributed by atoms with Crippen LogP contribution >= 0.6 is 0 Å². The fraction of sp³-hybridized carbons (Fsp3) is 0.417. The van der Waals surface area contributed by atoms with E-state index in [1.807, 2.05) is 0 Å². The van der Waals surface area contributed by atoms with Gasteiger partial charge in [-0.15, -0.1) is 0 Å². The maximum absolute atomic E-state index is 11.7. The predicted octanol–water partition coefficient (Wildman–Crippen LogP) is 0.322. The van der Waals surface area contributed by atoms with E-state index in [4.69, 9.17) is 10.5 Å². The third-order valence-corrected chi connectivity index (χ3v) is 3.05. The molecule has 0 saturated carbocycles. The van der Waals surface area contributed by atoms with Gasteiger partial charge in [0.05, 0.1) is 12.7 Å². The maximum atomic E-state index is 11.7. The van der Waals surface area contributed by atoms with E-state index in [1.54, 1.807) is 23.2 Å². The minimum Gasteiger partial charge on any atom is -0.467 e. The van der Waals surface area contributed by atoms with Crippen molar-refractivity contribution in [1.29, 1.82) is 0 Å². The topological polar surface area (TPSA) is 85.5 Å². The standard InChI is InChI=1S/C12H15N3O3/c1-18-12(17)9-5-3-7-15(9)11-8(10(13)16)4-2-6-14-11/h2,4,6,9H,3,5,7H2,1H3,(H2,13,16). The third kappa shape index (κ3) is 2.13. The number of primary amides is 1. The average Bonchev–Trinajstić information content (AvgIpc) is 2.86. The van der Waals surface area contributed by atoms with Crippen LogP contribution in [0.25, 0.3) is 0 Å². The summed E-state index contributed by atoms with van der Waals surface area (Å²) in [5.74, 6) is -0.403. The third-order valence-electron chi connectivity index (χ3n) is 3.05. The van der Waals surface area contributed by atoms with Gasteiger partial charge < -0.3 is 15.4 Å². The number of rotatable bonds is 3. The quantitative estimate of drug-likeness (QED) is 0.780. The molecule has 0 aliphatic carbocycles. The van der Waals surface area contributed by atoms with E-state index in [-0.39, 0.29) is 12.0 Å². The van der Waals surface area contributed by atoms with Crippen molar-refractivity contribution in [2.45, 2.75) is 18.9 Å². The molecular weight excluding hydrogens is 234 g/mol. The summed E-state index contributed by atoms with van der Waals surface area (Å²) < 4.78 is 4.76. The molecule has 2 N–H and O–H groups in total. The van der Waals surface area contributed by atoms with Crippen LogP contribution in [-0.2, 0) is 9.53 Å². The van der Waals surface area contributed by atoms with E-state index in [2.05, 4.69) is 4.98 Å². The first-order valence-electron chi connectivity index (χ1n) is 5.74.